The van der Waals surface area contributed by atoms with E-state index in [0.717, 1.165) is 32.2 Å². The normalized spacial score (nSPS) is 22.8. The van der Waals surface area contributed by atoms with E-state index >= 15 is 0 Å². The zero-order chi connectivity index (χ0) is 12.1. The van der Waals surface area contributed by atoms with Crippen molar-refractivity contribution in [3.8, 4) is 0 Å². The predicted molar refractivity (Wildman–Crippen MR) is 68.0 cm³/mol. The molecule has 1 aliphatic carbocycles. The highest BCUT2D eigenvalue weighted by Crippen LogP contribution is 2.18. The molecule has 1 aliphatic heterocycles. The molecule has 2 aliphatic rings. The number of hydrogen-bond acceptors (Lipinski definition) is 3. The summed E-state index contributed by atoms with van der Waals surface area (Å²) >= 11 is 0. The Labute approximate surface area is 104 Å². The quantitative estimate of drug-likeness (QED) is 0.654. The standard InChI is InChI=1S/C11H23N3O2S/c15-17(16,14-9-2-1-3-10-14)13-8-4-7-12-11-5-6-11/h11-13H,1-10H2. The highest BCUT2D eigenvalue weighted by molar-refractivity contribution is 7.87. The van der Waals surface area contributed by atoms with E-state index in [2.05, 4.69) is 10.0 Å². The number of nitrogens with one attached hydrogen (secondary N) is 2. The van der Waals surface area contributed by atoms with Crippen LogP contribution in [-0.2, 0) is 10.2 Å². The predicted octanol–water partition coefficient (Wildman–Crippen LogP) is 0.449. The third-order valence-corrected chi connectivity index (χ3v) is 4.92. The molecule has 5 nitrogen and oxygen atoms in total. The molecule has 2 N–H and O–H groups in total. The van der Waals surface area contributed by atoms with Crippen molar-refractivity contribution in [2.45, 2.75) is 44.6 Å². The fourth-order valence-corrected chi connectivity index (χ4v) is 3.40. The molecule has 1 saturated carbocycles. The van der Waals surface area contributed by atoms with Crippen LogP contribution in [-0.4, -0.2) is 44.9 Å². The van der Waals surface area contributed by atoms with Gasteiger partial charge in [-0.3, -0.25) is 0 Å². The summed E-state index contributed by atoms with van der Waals surface area (Å²) < 4.78 is 28.0. The van der Waals surface area contributed by atoms with Gasteiger partial charge in [-0.15, -0.1) is 0 Å². The number of hydrogen-bond donors (Lipinski definition) is 2. The first kappa shape index (κ1) is 13.3. The van der Waals surface area contributed by atoms with Crippen LogP contribution in [0.2, 0.25) is 0 Å². The first-order chi connectivity index (χ1) is 8.18. The third-order valence-electron chi connectivity index (χ3n) is 3.30. The maximum absolute atomic E-state index is 11.9. The van der Waals surface area contributed by atoms with Gasteiger partial charge in [0, 0.05) is 25.7 Å². The summed E-state index contributed by atoms with van der Waals surface area (Å²) in [5, 5.41) is 3.37. The molecule has 2 rings (SSSR count). The molecule has 17 heavy (non-hydrogen) atoms. The zero-order valence-corrected chi connectivity index (χ0v) is 11.1. The van der Waals surface area contributed by atoms with Crippen LogP contribution < -0.4 is 10.0 Å². The van der Waals surface area contributed by atoms with E-state index < -0.39 is 10.2 Å². The topological polar surface area (TPSA) is 61.4 Å². The number of nitrogens with zero attached hydrogens (tertiary/aromatic N) is 1. The van der Waals surface area contributed by atoms with Crippen LogP contribution in [0.5, 0.6) is 0 Å². The minimum atomic E-state index is -3.21. The van der Waals surface area contributed by atoms with Gasteiger partial charge in [0.05, 0.1) is 0 Å². The van der Waals surface area contributed by atoms with E-state index in [1.807, 2.05) is 0 Å². The van der Waals surface area contributed by atoms with Crippen molar-refractivity contribution in [2.24, 2.45) is 0 Å². The first-order valence-corrected chi connectivity index (χ1v) is 8.10. The van der Waals surface area contributed by atoms with E-state index in [-0.39, 0.29) is 0 Å². The van der Waals surface area contributed by atoms with Crippen LogP contribution in [0.25, 0.3) is 0 Å². The van der Waals surface area contributed by atoms with Gasteiger partial charge < -0.3 is 5.32 Å². The Morgan fingerprint density at radius 2 is 1.76 bits per heavy atom. The van der Waals surface area contributed by atoms with Crippen molar-refractivity contribution >= 4 is 10.2 Å². The Bertz CT molecular complexity index is 322. The SMILES string of the molecule is O=S(=O)(NCCCNC1CC1)N1CCCCC1. The summed E-state index contributed by atoms with van der Waals surface area (Å²) in [6, 6.07) is 0.703. The summed E-state index contributed by atoms with van der Waals surface area (Å²) in [6.07, 6.45) is 6.55. The maximum Gasteiger partial charge on any atom is 0.279 e. The molecule has 0 radical (unpaired) electrons. The van der Waals surface area contributed by atoms with Crippen LogP contribution in [0.3, 0.4) is 0 Å². The fraction of sp³-hybridized carbons (Fsp3) is 1.00. The molecule has 1 heterocycles. The molecule has 0 atom stereocenters. The minimum Gasteiger partial charge on any atom is -0.314 e. The van der Waals surface area contributed by atoms with Crippen molar-refractivity contribution in [1.82, 2.24) is 14.3 Å². The van der Waals surface area contributed by atoms with E-state index in [9.17, 15) is 8.42 Å². The summed E-state index contributed by atoms with van der Waals surface area (Å²) in [5.41, 5.74) is 0. The lowest BCUT2D eigenvalue weighted by Gasteiger charge is -2.25. The van der Waals surface area contributed by atoms with Gasteiger partial charge in [0.25, 0.3) is 10.2 Å². The zero-order valence-electron chi connectivity index (χ0n) is 10.3. The van der Waals surface area contributed by atoms with Crippen LogP contribution in [0.1, 0.15) is 38.5 Å². The van der Waals surface area contributed by atoms with Gasteiger partial charge in [0.15, 0.2) is 0 Å². The average molecular weight is 261 g/mol. The first-order valence-electron chi connectivity index (χ1n) is 6.66. The van der Waals surface area contributed by atoms with Gasteiger partial charge in [-0.1, -0.05) is 6.42 Å². The van der Waals surface area contributed by atoms with E-state index in [1.165, 1.54) is 12.8 Å². The molecule has 0 spiro atoms. The summed E-state index contributed by atoms with van der Waals surface area (Å²) in [6.45, 7) is 2.80. The number of piperidine rings is 1. The minimum absolute atomic E-state index is 0.540. The van der Waals surface area contributed by atoms with Crippen molar-refractivity contribution in [3.63, 3.8) is 0 Å². The van der Waals surface area contributed by atoms with Gasteiger partial charge in [-0.2, -0.15) is 12.7 Å². The Hall–Kier alpha value is -0.170. The van der Waals surface area contributed by atoms with Gasteiger partial charge >= 0.3 is 0 Å². The van der Waals surface area contributed by atoms with Gasteiger partial charge in [0.2, 0.25) is 0 Å². The lowest BCUT2D eigenvalue weighted by atomic mass is 10.2. The molecule has 0 aromatic rings. The molecule has 0 unspecified atom stereocenters. The maximum atomic E-state index is 11.9. The second-order valence-corrected chi connectivity index (χ2v) is 6.70. The molecule has 0 bridgehead atoms. The average Bonchev–Trinajstić information content (AvgIpc) is 3.14. The van der Waals surface area contributed by atoms with Crippen LogP contribution >= 0.6 is 0 Å². The van der Waals surface area contributed by atoms with E-state index in [0.29, 0.717) is 25.7 Å². The van der Waals surface area contributed by atoms with Crippen molar-refractivity contribution in [2.75, 3.05) is 26.2 Å². The molecule has 2 fully saturated rings. The lowest BCUT2D eigenvalue weighted by molar-refractivity contribution is 0.341. The van der Waals surface area contributed by atoms with Crippen molar-refractivity contribution in [1.29, 1.82) is 0 Å². The van der Waals surface area contributed by atoms with Crippen LogP contribution in [0.4, 0.5) is 0 Å². The highest BCUT2D eigenvalue weighted by atomic mass is 32.2. The van der Waals surface area contributed by atoms with Crippen LogP contribution in [0.15, 0.2) is 0 Å². The van der Waals surface area contributed by atoms with Gasteiger partial charge in [0.1, 0.15) is 0 Å². The Morgan fingerprint density at radius 3 is 2.41 bits per heavy atom. The Morgan fingerprint density at radius 1 is 1.06 bits per heavy atom. The van der Waals surface area contributed by atoms with Gasteiger partial charge in [-0.25, -0.2) is 4.72 Å². The smallest absolute Gasteiger partial charge is 0.279 e. The Kier molecular flexibility index (Phi) is 4.78. The molecule has 100 valence electrons. The molecule has 0 amide bonds. The van der Waals surface area contributed by atoms with Gasteiger partial charge in [-0.05, 0) is 38.6 Å². The summed E-state index contributed by atoms with van der Waals surface area (Å²) in [4.78, 5) is 0. The van der Waals surface area contributed by atoms with E-state index in [4.69, 9.17) is 0 Å². The summed E-state index contributed by atoms with van der Waals surface area (Å²) in [5.74, 6) is 0. The molecule has 1 saturated heterocycles. The molecule has 0 aromatic heterocycles. The number of rotatable bonds is 7. The molecule has 0 aromatic carbocycles. The largest absolute Gasteiger partial charge is 0.314 e. The molecule has 6 heteroatoms. The van der Waals surface area contributed by atoms with Crippen molar-refractivity contribution < 1.29 is 8.42 Å². The highest BCUT2D eigenvalue weighted by Gasteiger charge is 2.23. The monoisotopic (exact) mass is 261 g/mol. The molecular formula is C11H23N3O2S. The second kappa shape index (κ2) is 6.13. The van der Waals surface area contributed by atoms with Crippen LogP contribution in [0, 0.1) is 0 Å². The molecular weight excluding hydrogens is 238 g/mol. The second-order valence-electron chi connectivity index (χ2n) is 4.94. The van der Waals surface area contributed by atoms with E-state index in [1.54, 1.807) is 4.31 Å². The fourth-order valence-electron chi connectivity index (χ4n) is 2.08. The Balaban J connectivity index is 1.61. The third kappa shape index (κ3) is 4.54. The summed E-state index contributed by atoms with van der Waals surface area (Å²) in [7, 11) is -3.21. The lowest BCUT2D eigenvalue weighted by Crippen LogP contribution is -2.44. The van der Waals surface area contributed by atoms with Crippen molar-refractivity contribution in [3.05, 3.63) is 0 Å².